The fourth-order valence-electron chi connectivity index (χ4n) is 2.06. The lowest BCUT2D eigenvalue weighted by Gasteiger charge is -2.31. The summed E-state index contributed by atoms with van der Waals surface area (Å²) in [5.74, 6) is -3.18. The molecule has 0 aliphatic rings. The van der Waals surface area contributed by atoms with Crippen molar-refractivity contribution in [3.8, 4) is 0 Å². The lowest BCUT2D eigenvalue weighted by molar-refractivity contribution is -0.183. The molecule has 0 aromatic carbocycles. The van der Waals surface area contributed by atoms with Crippen LogP contribution in [-0.2, 0) is 38.1 Å². The van der Waals surface area contributed by atoms with Crippen molar-refractivity contribution in [1.82, 2.24) is 10.9 Å². The molecule has 16 heteroatoms. The van der Waals surface area contributed by atoms with Crippen LogP contribution in [0, 0.1) is 0 Å². The number of nitrogens with one attached hydrogen (secondary N) is 2. The first-order chi connectivity index (χ1) is 14.8. The highest BCUT2D eigenvalue weighted by molar-refractivity contribution is 7.80. The molecule has 0 aromatic heterocycles. The predicted molar refractivity (Wildman–Crippen MR) is 119 cm³/mol. The molecule has 0 aliphatic carbocycles. The van der Waals surface area contributed by atoms with Crippen LogP contribution in [0.2, 0.25) is 0 Å². The normalized spacial score (nSPS) is 13.8. The number of carbonyl (C=O) groups excluding carboxylic acids is 4. The largest absolute Gasteiger partial charge is 0.462 e. The Balaban J connectivity index is 6.48. The van der Waals surface area contributed by atoms with Gasteiger partial charge in [-0.2, -0.15) is 10.2 Å². The number of nitrogens with zero attached hydrogens (tertiary/aromatic N) is 2. The number of carbonyl (C=O) groups is 4. The van der Waals surface area contributed by atoms with Gasteiger partial charge in [0.1, 0.15) is 12.3 Å². The second-order valence-electron chi connectivity index (χ2n) is 5.80. The Labute approximate surface area is 194 Å². The van der Waals surface area contributed by atoms with Gasteiger partial charge in [-0.15, -0.1) is 0 Å². The second-order valence-corrected chi connectivity index (χ2v) is 6.68. The molecule has 0 saturated carbocycles. The second kappa shape index (κ2) is 14.6. The number of ether oxygens (including phenoxy) is 4. The molecule has 0 rings (SSSR count). The fourth-order valence-corrected chi connectivity index (χ4v) is 2.15. The summed E-state index contributed by atoms with van der Waals surface area (Å²) >= 11 is 9.34. The van der Waals surface area contributed by atoms with E-state index in [9.17, 15) is 19.2 Å². The minimum Gasteiger partial charge on any atom is -0.462 e. The Bertz CT molecular complexity index is 803. The molecule has 178 valence electrons. The Morgan fingerprint density at radius 1 is 0.875 bits per heavy atom. The number of esters is 4. The molecule has 0 aromatic rings. The minimum atomic E-state index is -1.55. The zero-order valence-electron chi connectivity index (χ0n) is 17.6. The van der Waals surface area contributed by atoms with Gasteiger partial charge >= 0.3 is 23.9 Å². The van der Waals surface area contributed by atoms with E-state index in [4.69, 9.17) is 42.6 Å². The average molecular weight is 493 g/mol. The van der Waals surface area contributed by atoms with E-state index in [-0.39, 0.29) is 15.9 Å². The fraction of sp³-hybridized carbons (Fsp3) is 0.500. The quantitative estimate of drug-likeness (QED) is 0.0838. The molecule has 0 bridgehead atoms. The van der Waals surface area contributed by atoms with Gasteiger partial charge in [0.25, 0.3) is 0 Å². The summed E-state index contributed by atoms with van der Waals surface area (Å²) in [6.45, 7) is 3.77. The van der Waals surface area contributed by atoms with E-state index in [1.165, 1.54) is 0 Å². The number of thiocarbonyl (C=S) groups is 2. The average Bonchev–Trinajstić information content (AvgIpc) is 2.63. The molecule has 32 heavy (non-hydrogen) atoms. The number of nitrogens with two attached hydrogens (primary N) is 2. The van der Waals surface area contributed by atoms with Crippen molar-refractivity contribution in [3.05, 3.63) is 0 Å². The molecule has 3 atom stereocenters. The maximum atomic E-state index is 11.8. The highest BCUT2D eigenvalue weighted by atomic mass is 32.1. The van der Waals surface area contributed by atoms with Crippen molar-refractivity contribution in [1.29, 1.82) is 0 Å². The van der Waals surface area contributed by atoms with Crippen LogP contribution in [0.5, 0.6) is 0 Å². The summed E-state index contributed by atoms with van der Waals surface area (Å²) < 4.78 is 20.5. The minimum absolute atomic E-state index is 0.198. The summed E-state index contributed by atoms with van der Waals surface area (Å²) in [7, 11) is 0. The number of hydrogen-bond acceptors (Lipinski definition) is 12. The first-order valence-corrected chi connectivity index (χ1v) is 9.51. The van der Waals surface area contributed by atoms with Crippen LogP contribution in [0.1, 0.15) is 27.7 Å². The van der Waals surface area contributed by atoms with E-state index >= 15 is 0 Å². The molecule has 0 spiro atoms. The molecular formula is C16H24N6O8S2. The Kier molecular flexibility index (Phi) is 13.0. The van der Waals surface area contributed by atoms with Gasteiger partial charge in [0, 0.05) is 27.7 Å². The summed E-state index contributed by atoms with van der Waals surface area (Å²) in [5, 5.41) is 7.12. The highest BCUT2D eigenvalue weighted by Gasteiger charge is 2.40. The molecule has 14 nitrogen and oxygen atoms in total. The standard InChI is InChI=1S/C16H24N6O8S2/c1-7(23)27-6-12(28-8(2)24)14(30-10(4)26)13(29-9(3)25)11(20-22-16(18)32)5-19-21-15(17)31/h5,12-14H,6H2,1-4H3,(H3,17,21,31)(H3,18,22,32)/b19-5+,20-11+. The Morgan fingerprint density at radius 2 is 1.41 bits per heavy atom. The zero-order valence-corrected chi connectivity index (χ0v) is 19.3. The number of hydrogen-bond donors (Lipinski definition) is 4. The topological polar surface area (TPSA) is 206 Å². The lowest BCUT2D eigenvalue weighted by atomic mass is 10.0. The van der Waals surface area contributed by atoms with Gasteiger partial charge in [0.15, 0.2) is 28.5 Å². The van der Waals surface area contributed by atoms with Crippen LogP contribution in [-0.4, -0.2) is 70.9 Å². The molecular weight excluding hydrogens is 468 g/mol. The maximum absolute atomic E-state index is 11.8. The van der Waals surface area contributed by atoms with Crippen LogP contribution < -0.4 is 22.3 Å². The van der Waals surface area contributed by atoms with Crippen molar-refractivity contribution in [2.75, 3.05) is 6.61 Å². The van der Waals surface area contributed by atoms with Crippen LogP contribution in [0.4, 0.5) is 0 Å². The molecule has 6 N–H and O–H groups in total. The SMILES string of the molecule is CC(=O)OCC(OC(C)=O)C(OC(C)=O)C(OC(C)=O)C(/C=N/NC(N)=S)=N/NC(N)=S. The smallest absolute Gasteiger partial charge is 0.303 e. The molecule has 0 heterocycles. The highest BCUT2D eigenvalue weighted by Crippen LogP contribution is 2.16. The Hall–Kier alpha value is -3.40. The van der Waals surface area contributed by atoms with Crippen molar-refractivity contribution in [2.24, 2.45) is 21.7 Å². The molecule has 0 amide bonds. The van der Waals surface area contributed by atoms with E-state index in [0.717, 1.165) is 33.9 Å². The van der Waals surface area contributed by atoms with Gasteiger partial charge in [0.2, 0.25) is 0 Å². The van der Waals surface area contributed by atoms with Crippen LogP contribution >= 0.6 is 24.4 Å². The van der Waals surface area contributed by atoms with Gasteiger partial charge in [-0.05, 0) is 24.4 Å². The van der Waals surface area contributed by atoms with E-state index in [1.54, 1.807) is 0 Å². The third-order valence-electron chi connectivity index (χ3n) is 2.99. The van der Waals surface area contributed by atoms with E-state index in [2.05, 4.69) is 33.3 Å². The van der Waals surface area contributed by atoms with Gasteiger partial charge in [0.05, 0.1) is 6.21 Å². The predicted octanol–water partition coefficient (Wildman–Crippen LogP) is -1.65. The molecule has 0 aliphatic heterocycles. The third kappa shape index (κ3) is 13.0. The zero-order chi connectivity index (χ0) is 24.8. The molecule has 0 radical (unpaired) electrons. The monoisotopic (exact) mass is 492 g/mol. The third-order valence-corrected chi connectivity index (χ3v) is 3.17. The van der Waals surface area contributed by atoms with Crippen molar-refractivity contribution in [2.45, 2.75) is 46.0 Å². The van der Waals surface area contributed by atoms with E-state index in [0.29, 0.717) is 0 Å². The number of hydrazone groups is 2. The summed E-state index contributed by atoms with van der Waals surface area (Å²) in [6, 6.07) is 0. The first-order valence-electron chi connectivity index (χ1n) is 8.70. The first kappa shape index (κ1) is 28.6. The van der Waals surface area contributed by atoms with Crippen LogP contribution in [0.3, 0.4) is 0 Å². The summed E-state index contributed by atoms with van der Waals surface area (Å²) in [4.78, 5) is 46.5. The molecule has 3 unspecified atom stereocenters. The van der Waals surface area contributed by atoms with Crippen molar-refractivity contribution < 1.29 is 38.1 Å². The maximum Gasteiger partial charge on any atom is 0.303 e. The Morgan fingerprint density at radius 3 is 1.84 bits per heavy atom. The van der Waals surface area contributed by atoms with Crippen molar-refractivity contribution >= 4 is 70.5 Å². The lowest BCUT2D eigenvalue weighted by Crippen LogP contribution is -2.51. The van der Waals surface area contributed by atoms with E-state index < -0.39 is 48.8 Å². The van der Waals surface area contributed by atoms with E-state index in [1.807, 2.05) is 0 Å². The molecule has 0 saturated heterocycles. The summed E-state index contributed by atoms with van der Waals surface area (Å²) in [6.07, 6.45) is -3.49. The van der Waals surface area contributed by atoms with Gasteiger partial charge in [-0.25, -0.2) is 0 Å². The van der Waals surface area contributed by atoms with Crippen molar-refractivity contribution in [3.63, 3.8) is 0 Å². The van der Waals surface area contributed by atoms with Crippen LogP contribution in [0.25, 0.3) is 0 Å². The van der Waals surface area contributed by atoms with Gasteiger partial charge < -0.3 is 30.4 Å². The summed E-state index contributed by atoms with van der Waals surface area (Å²) in [5.41, 5.74) is 15.0. The molecule has 0 fully saturated rings. The van der Waals surface area contributed by atoms with Gasteiger partial charge in [-0.1, -0.05) is 0 Å². The van der Waals surface area contributed by atoms with Crippen LogP contribution in [0.15, 0.2) is 10.2 Å². The number of rotatable bonds is 11. The van der Waals surface area contributed by atoms with Gasteiger partial charge in [-0.3, -0.25) is 30.0 Å².